The van der Waals surface area contributed by atoms with Crippen LogP contribution in [0.2, 0.25) is 0 Å². The molecule has 0 bridgehead atoms. The van der Waals surface area contributed by atoms with Crippen molar-refractivity contribution in [2.75, 3.05) is 26.0 Å². The van der Waals surface area contributed by atoms with Gasteiger partial charge in [0.25, 0.3) is 0 Å². The molecule has 1 fully saturated rings. The van der Waals surface area contributed by atoms with Crippen molar-refractivity contribution in [2.24, 2.45) is 5.92 Å². The van der Waals surface area contributed by atoms with E-state index in [0.717, 1.165) is 5.69 Å². The summed E-state index contributed by atoms with van der Waals surface area (Å²) in [7, 11) is -3.22. The lowest BCUT2D eigenvalue weighted by Gasteiger charge is -2.18. The summed E-state index contributed by atoms with van der Waals surface area (Å²) in [5, 5.41) is 0. The molecule has 1 aliphatic rings. The van der Waals surface area contributed by atoms with E-state index >= 15 is 0 Å². The van der Waals surface area contributed by atoms with Crippen molar-refractivity contribution in [3.8, 4) is 5.75 Å². The molecule has 2 aromatic heterocycles. The highest BCUT2D eigenvalue weighted by molar-refractivity contribution is 7.88. The molecule has 0 amide bonds. The van der Waals surface area contributed by atoms with Crippen LogP contribution in [0, 0.1) is 5.92 Å². The molecule has 0 radical (unpaired) electrons. The molecule has 23 heavy (non-hydrogen) atoms. The van der Waals surface area contributed by atoms with Crippen molar-refractivity contribution >= 4 is 10.0 Å². The Bertz CT molecular complexity index is 738. The lowest BCUT2D eigenvalue weighted by Crippen LogP contribution is -2.28. The predicted octanol–water partition coefficient (Wildman–Crippen LogP) is 1.53. The minimum absolute atomic E-state index is 0.0302. The Balaban J connectivity index is 1.77. The number of hydrogen-bond donors (Lipinski definition) is 0. The monoisotopic (exact) mass is 333 g/mol. The van der Waals surface area contributed by atoms with Crippen LogP contribution in [-0.4, -0.2) is 48.6 Å². The molecule has 7 heteroatoms. The van der Waals surface area contributed by atoms with Gasteiger partial charge in [-0.1, -0.05) is 6.07 Å². The molecular weight excluding hydrogens is 314 g/mol. The van der Waals surface area contributed by atoms with Crippen LogP contribution >= 0.6 is 0 Å². The van der Waals surface area contributed by atoms with E-state index < -0.39 is 10.0 Å². The highest BCUT2D eigenvalue weighted by Gasteiger charge is 2.38. The quantitative estimate of drug-likeness (QED) is 0.830. The molecule has 3 heterocycles. The highest BCUT2D eigenvalue weighted by atomic mass is 32.2. The van der Waals surface area contributed by atoms with Crippen LogP contribution in [0.1, 0.15) is 11.6 Å². The van der Waals surface area contributed by atoms with Gasteiger partial charge in [-0.2, -0.15) is 0 Å². The van der Waals surface area contributed by atoms with Gasteiger partial charge in [-0.05, 0) is 24.3 Å². The van der Waals surface area contributed by atoms with Crippen LogP contribution in [-0.2, 0) is 10.0 Å². The first-order valence-corrected chi connectivity index (χ1v) is 9.28. The van der Waals surface area contributed by atoms with Gasteiger partial charge in [-0.25, -0.2) is 12.7 Å². The Labute approximate surface area is 136 Å². The zero-order chi connectivity index (χ0) is 16.3. The van der Waals surface area contributed by atoms with E-state index in [9.17, 15) is 8.42 Å². The maximum atomic E-state index is 11.9. The third kappa shape index (κ3) is 3.86. The fraction of sp³-hybridized carbons (Fsp3) is 0.375. The van der Waals surface area contributed by atoms with E-state index in [1.165, 1.54) is 10.6 Å². The Morgan fingerprint density at radius 3 is 2.74 bits per heavy atom. The molecule has 2 aromatic rings. The van der Waals surface area contributed by atoms with Gasteiger partial charge in [-0.15, -0.1) is 0 Å². The summed E-state index contributed by atoms with van der Waals surface area (Å²) < 4.78 is 31.1. The Morgan fingerprint density at radius 2 is 2.09 bits per heavy atom. The summed E-state index contributed by atoms with van der Waals surface area (Å²) in [6.07, 6.45) is 6.31. The number of nitrogens with zero attached hydrogens (tertiary/aromatic N) is 3. The van der Waals surface area contributed by atoms with Gasteiger partial charge in [0.05, 0.1) is 19.1 Å². The molecule has 122 valence electrons. The Morgan fingerprint density at radius 1 is 1.22 bits per heavy atom. The molecule has 0 unspecified atom stereocenters. The molecule has 1 saturated heterocycles. The molecule has 0 N–H and O–H groups in total. The molecule has 3 rings (SSSR count). The third-order valence-electron chi connectivity index (χ3n) is 4.04. The van der Waals surface area contributed by atoms with Gasteiger partial charge in [0.15, 0.2) is 0 Å². The molecule has 0 aliphatic carbocycles. The van der Waals surface area contributed by atoms with Crippen molar-refractivity contribution in [3.05, 3.63) is 54.6 Å². The van der Waals surface area contributed by atoms with Crippen molar-refractivity contribution in [3.63, 3.8) is 0 Å². The number of pyridine rings is 2. The van der Waals surface area contributed by atoms with E-state index in [2.05, 4.69) is 9.97 Å². The maximum absolute atomic E-state index is 11.9. The van der Waals surface area contributed by atoms with Gasteiger partial charge < -0.3 is 4.74 Å². The fourth-order valence-corrected chi connectivity index (χ4v) is 3.73. The minimum Gasteiger partial charge on any atom is -0.492 e. The summed E-state index contributed by atoms with van der Waals surface area (Å²) in [6, 6.07) is 9.36. The number of hydrogen-bond acceptors (Lipinski definition) is 5. The van der Waals surface area contributed by atoms with E-state index in [-0.39, 0.29) is 11.8 Å². The van der Waals surface area contributed by atoms with Crippen LogP contribution in [0.4, 0.5) is 0 Å². The van der Waals surface area contributed by atoms with Gasteiger partial charge in [0.2, 0.25) is 10.0 Å². The smallest absolute Gasteiger partial charge is 0.211 e. The highest BCUT2D eigenvalue weighted by Crippen LogP contribution is 2.33. The molecule has 0 spiro atoms. The standard InChI is InChI=1S/C16H19N3O3S/c1-23(20,21)19-10-13(12-22-14-5-4-7-17-9-14)15(11-19)16-6-2-3-8-18-16/h2-9,13,15H,10-12H2,1H3/t13-,15+/m0/s1. The van der Waals surface area contributed by atoms with E-state index in [1.54, 1.807) is 18.6 Å². The summed E-state index contributed by atoms with van der Waals surface area (Å²) in [4.78, 5) is 8.41. The average molecular weight is 333 g/mol. The summed E-state index contributed by atoms with van der Waals surface area (Å²) in [5.74, 6) is 0.771. The van der Waals surface area contributed by atoms with Crippen molar-refractivity contribution in [1.82, 2.24) is 14.3 Å². The summed E-state index contributed by atoms with van der Waals surface area (Å²) in [5.41, 5.74) is 0.901. The van der Waals surface area contributed by atoms with Crippen LogP contribution in [0.3, 0.4) is 0 Å². The first-order chi connectivity index (χ1) is 11.0. The molecular formula is C16H19N3O3S. The van der Waals surface area contributed by atoms with Crippen LogP contribution in [0.5, 0.6) is 5.75 Å². The second-order valence-corrected chi connectivity index (χ2v) is 7.68. The second-order valence-electron chi connectivity index (χ2n) is 5.70. The van der Waals surface area contributed by atoms with Crippen LogP contribution in [0.15, 0.2) is 48.9 Å². The number of rotatable bonds is 5. The topological polar surface area (TPSA) is 72.4 Å². The normalized spacial score (nSPS) is 22.1. The van der Waals surface area contributed by atoms with Gasteiger partial charge in [0.1, 0.15) is 5.75 Å². The van der Waals surface area contributed by atoms with E-state index in [0.29, 0.717) is 25.4 Å². The second kappa shape index (κ2) is 6.64. The van der Waals surface area contributed by atoms with Crippen molar-refractivity contribution < 1.29 is 13.2 Å². The van der Waals surface area contributed by atoms with Gasteiger partial charge >= 0.3 is 0 Å². The Hall–Kier alpha value is -1.99. The third-order valence-corrected chi connectivity index (χ3v) is 5.28. The molecule has 0 aromatic carbocycles. The number of ether oxygens (including phenoxy) is 1. The molecule has 1 aliphatic heterocycles. The minimum atomic E-state index is -3.22. The first-order valence-electron chi connectivity index (χ1n) is 7.43. The van der Waals surface area contributed by atoms with Gasteiger partial charge in [-0.3, -0.25) is 9.97 Å². The number of sulfonamides is 1. The number of aromatic nitrogens is 2. The lowest BCUT2D eigenvalue weighted by atomic mass is 9.93. The summed E-state index contributed by atoms with van der Waals surface area (Å²) >= 11 is 0. The van der Waals surface area contributed by atoms with E-state index in [1.807, 2.05) is 30.3 Å². The largest absolute Gasteiger partial charge is 0.492 e. The fourth-order valence-electron chi connectivity index (χ4n) is 2.84. The average Bonchev–Trinajstić information content (AvgIpc) is 2.99. The first kappa shape index (κ1) is 15.9. The summed E-state index contributed by atoms with van der Waals surface area (Å²) in [6.45, 7) is 1.32. The SMILES string of the molecule is CS(=O)(=O)N1C[C@@H](COc2cccnc2)[C@H](c2ccccn2)C1. The van der Waals surface area contributed by atoms with Crippen molar-refractivity contribution in [2.45, 2.75) is 5.92 Å². The van der Waals surface area contributed by atoms with Crippen molar-refractivity contribution in [1.29, 1.82) is 0 Å². The van der Waals surface area contributed by atoms with E-state index in [4.69, 9.17) is 4.74 Å². The van der Waals surface area contributed by atoms with Crippen LogP contribution < -0.4 is 4.74 Å². The lowest BCUT2D eigenvalue weighted by molar-refractivity contribution is 0.243. The zero-order valence-electron chi connectivity index (χ0n) is 12.9. The Kier molecular flexibility index (Phi) is 4.58. The van der Waals surface area contributed by atoms with Gasteiger partial charge in [0, 0.05) is 43.0 Å². The predicted molar refractivity (Wildman–Crippen MR) is 86.6 cm³/mol. The maximum Gasteiger partial charge on any atom is 0.211 e. The zero-order valence-corrected chi connectivity index (χ0v) is 13.7. The molecule has 6 nitrogen and oxygen atoms in total. The molecule has 2 atom stereocenters. The van der Waals surface area contributed by atoms with Crippen LogP contribution in [0.25, 0.3) is 0 Å². The molecule has 0 saturated carbocycles.